The summed E-state index contributed by atoms with van der Waals surface area (Å²) < 4.78 is 21.2. The van der Waals surface area contributed by atoms with Crippen LogP contribution in [0.4, 0.5) is 4.39 Å². The highest BCUT2D eigenvalue weighted by Gasteiger charge is 2.23. The summed E-state index contributed by atoms with van der Waals surface area (Å²) in [6.07, 6.45) is 3.46. The van der Waals surface area contributed by atoms with Crippen LogP contribution in [0.3, 0.4) is 0 Å². The molecule has 3 heterocycles. The van der Waals surface area contributed by atoms with E-state index in [1.165, 1.54) is 25.9 Å². The molecule has 2 aliphatic heterocycles. The topological polar surface area (TPSA) is 33.5 Å². The van der Waals surface area contributed by atoms with E-state index in [9.17, 15) is 4.39 Å². The van der Waals surface area contributed by atoms with Gasteiger partial charge in [-0.1, -0.05) is 24.3 Å². The SMILES string of the molecule is Fc1ccc(Cn2c(CC3CCN(CCN4CCOCC4)CC3)nc3ccccc32)cc1. The van der Waals surface area contributed by atoms with Crippen LogP contribution in [0.1, 0.15) is 24.2 Å². The second-order valence-corrected chi connectivity index (χ2v) is 9.17. The lowest BCUT2D eigenvalue weighted by Gasteiger charge is -2.34. The van der Waals surface area contributed by atoms with Crippen molar-refractivity contribution in [3.05, 3.63) is 65.7 Å². The highest BCUT2D eigenvalue weighted by atomic mass is 19.1. The average Bonchev–Trinajstić information content (AvgIpc) is 3.17. The van der Waals surface area contributed by atoms with Gasteiger partial charge in [0.15, 0.2) is 0 Å². The van der Waals surface area contributed by atoms with Crippen molar-refractivity contribution >= 4 is 11.0 Å². The molecule has 0 spiro atoms. The summed E-state index contributed by atoms with van der Waals surface area (Å²) in [5.41, 5.74) is 3.32. The molecule has 5 nitrogen and oxygen atoms in total. The van der Waals surface area contributed by atoms with Crippen LogP contribution < -0.4 is 0 Å². The van der Waals surface area contributed by atoms with E-state index in [0.29, 0.717) is 5.92 Å². The molecule has 6 heteroatoms. The Morgan fingerprint density at radius 3 is 2.31 bits per heavy atom. The maximum absolute atomic E-state index is 13.4. The zero-order chi connectivity index (χ0) is 21.8. The zero-order valence-corrected chi connectivity index (χ0v) is 18.8. The first-order valence-corrected chi connectivity index (χ1v) is 12.0. The van der Waals surface area contributed by atoms with Crippen molar-refractivity contribution in [2.45, 2.75) is 25.8 Å². The van der Waals surface area contributed by atoms with Crippen LogP contribution in [0.25, 0.3) is 11.0 Å². The van der Waals surface area contributed by atoms with Gasteiger partial charge in [-0.25, -0.2) is 9.37 Å². The molecule has 0 N–H and O–H groups in total. The number of morpholine rings is 1. The summed E-state index contributed by atoms with van der Waals surface area (Å²) in [4.78, 5) is 10.1. The molecule has 0 unspecified atom stereocenters. The fourth-order valence-corrected chi connectivity index (χ4v) is 5.01. The molecule has 2 fully saturated rings. The number of para-hydroxylation sites is 2. The van der Waals surface area contributed by atoms with E-state index in [1.807, 2.05) is 18.2 Å². The van der Waals surface area contributed by atoms with Gasteiger partial charge in [-0.05, 0) is 61.7 Å². The van der Waals surface area contributed by atoms with Crippen molar-refractivity contribution in [2.24, 2.45) is 5.92 Å². The molecule has 2 saturated heterocycles. The lowest BCUT2D eigenvalue weighted by molar-refractivity contribution is 0.0314. The Balaban J connectivity index is 1.22. The van der Waals surface area contributed by atoms with E-state index in [1.54, 1.807) is 12.1 Å². The Labute approximate surface area is 189 Å². The number of ether oxygens (including phenoxy) is 1. The van der Waals surface area contributed by atoms with Crippen LogP contribution in [0.15, 0.2) is 48.5 Å². The molecule has 0 saturated carbocycles. The van der Waals surface area contributed by atoms with Crippen molar-refractivity contribution < 1.29 is 9.13 Å². The van der Waals surface area contributed by atoms with Crippen molar-refractivity contribution in [3.8, 4) is 0 Å². The van der Waals surface area contributed by atoms with Crippen LogP contribution in [-0.2, 0) is 17.7 Å². The summed E-state index contributed by atoms with van der Waals surface area (Å²) in [5.74, 6) is 1.63. The molecule has 0 amide bonds. The van der Waals surface area contributed by atoms with E-state index in [-0.39, 0.29) is 5.82 Å². The van der Waals surface area contributed by atoms with Crippen LogP contribution in [0.2, 0.25) is 0 Å². The molecule has 2 aliphatic rings. The fourth-order valence-electron chi connectivity index (χ4n) is 5.01. The Bertz CT molecular complexity index is 1000. The van der Waals surface area contributed by atoms with Crippen LogP contribution in [-0.4, -0.2) is 71.8 Å². The minimum Gasteiger partial charge on any atom is -0.379 e. The van der Waals surface area contributed by atoms with Crippen molar-refractivity contribution in [2.75, 3.05) is 52.5 Å². The Morgan fingerprint density at radius 1 is 0.875 bits per heavy atom. The van der Waals surface area contributed by atoms with Gasteiger partial charge in [0.05, 0.1) is 24.2 Å². The number of hydrogen-bond donors (Lipinski definition) is 0. The Morgan fingerprint density at radius 2 is 1.56 bits per heavy atom. The van der Waals surface area contributed by atoms with Crippen LogP contribution >= 0.6 is 0 Å². The number of fused-ring (bicyclic) bond motifs is 1. The van der Waals surface area contributed by atoms with Gasteiger partial charge in [0, 0.05) is 39.1 Å². The lowest BCUT2D eigenvalue weighted by atomic mass is 9.93. The molecule has 0 atom stereocenters. The van der Waals surface area contributed by atoms with Gasteiger partial charge in [0.25, 0.3) is 0 Å². The van der Waals surface area contributed by atoms with E-state index in [4.69, 9.17) is 9.72 Å². The van der Waals surface area contributed by atoms with Gasteiger partial charge < -0.3 is 14.2 Å². The third-order valence-corrected chi connectivity index (χ3v) is 7.00. The number of aromatic nitrogens is 2. The predicted molar refractivity (Wildman–Crippen MR) is 125 cm³/mol. The molecule has 0 radical (unpaired) electrons. The maximum Gasteiger partial charge on any atom is 0.123 e. The van der Waals surface area contributed by atoms with E-state index < -0.39 is 0 Å². The van der Waals surface area contributed by atoms with Gasteiger partial charge in [0.1, 0.15) is 11.6 Å². The van der Waals surface area contributed by atoms with Crippen molar-refractivity contribution in [1.29, 1.82) is 0 Å². The molecule has 5 rings (SSSR count). The quantitative estimate of drug-likeness (QED) is 0.564. The normalized spacial score (nSPS) is 19.0. The van der Waals surface area contributed by atoms with Gasteiger partial charge in [-0.15, -0.1) is 0 Å². The first kappa shape index (κ1) is 21.6. The third kappa shape index (κ3) is 5.20. The van der Waals surface area contributed by atoms with Gasteiger partial charge in [-0.2, -0.15) is 0 Å². The molecule has 0 aliphatic carbocycles. The largest absolute Gasteiger partial charge is 0.379 e. The van der Waals surface area contributed by atoms with Gasteiger partial charge >= 0.3 is 0 Å². The molecule has 3 aromatic rings. The molecular weight excluding hydrogens is 403 g/mol. The smallest absolute Gasteiger partial charge is 0.123 e. The van der Waals surface area contributed by atoms with Crippen molar-refractivity contribution in [1.82, 2.24) is 19.4 Å². The number of nitrogens with zero attached hydrogens (tertiary/aromatic N) is 4. The zero-order valence-electron chi connectivity index (χ0n) is 18.8. The van der Waals surface area contributed by atoms with Crippen LogP contribution in [0, 0.1) is 11.7 Å². The van der Waals surface area contributed by atoms with Gasteiger partial charge in [0.2, 0.25) is 0 Å². The third-order valence-electron chi connectivity index (χ3n) is 7.00. The number of likely N-dealkylation sites (tertiary alicyclic amines) is 1. The number of imidazole rings is 1. The second-order valence-electron chi connectivity index (χ2n) is 9.17. The summed E-state index contributed by atoms with van der Waals surface area (Å²) in [5, 5.41) is 0. The van der Waals surface area contributed by atoms with E-state index >= 15 is 0 Å². The molecule has 0 bridgehead atoms. The second kappa shape index (κ2) is 10.1. The summed E-state index contributed by atoms with van der Waals surface area (Å²) >= 11 is 0. The van der Waals surface area contributed by atoms with Crippen LogP contribution in [0.5, 0.6) is 0 Å². The fraction of sp³-hybridized carbons (Fsp3) is 0.500. The Hall–Kier alpha value is -2.28. The first-order chi connectivity index (χ1) is 15.7. The van der Waals surface area contributed by atoms with Gasteiger partial charge in [-0.3, -0.25) is 4.90 Å². The predicted octanol–water partition coefficient (Wildman–Crippen LogP) is 3.81. The number of hydrogen-bond acceptors (Lipinski definition) is 4. The Kier molecular flexibility index (Phi) is 6.81. The minimum atomic E-state index is -0.190. The highest BCUT2D eigenvalue weighted by molar-refractivity contribution is 5.76. The number of halogens is 1. The molecule has 1 aromatic heterocycles. The van der Waals surface area contributed by atoms with E-state index in [0.717, 1.165) is 74.8 Å². The molecule has 32 heavy (non-hydrogen) atoms. The monoisotopic (exact) mass is 436 g/mol. The lowest BCUT2D eigenvalue weighted by Crippen LogP contribution is -2.43. The number of rotatable bonds is 7. The molecule has 2 aromatic carbocycles. The van der Waals surface area contributed by atoms with Crippen molar-refractivity contribution in [3.63, 3.8) is 0 Å². The first-order valence-electron chi connectivity index (χ1n) is 12.0. The van der Waals surface area contributed by atoms with E-state index in [2.05, 4.69) is 32.6 Å². The molecular formula is C26H33FN4O. The maximum atomic E-state index is 13.4. The summed E-state index contributed by atoms with van der Waals surface area (Å²) in [6.45, 7) is 9.29. The summed E-state index contributed by atoms with van der Waals surface area (Å²) in [7, 11) is 0. The molecule has 170 valence electrons. The number of benzene rings is 2. The summed E-state index contributed by atoms with van der Waals surface area (Å²) in [6, 6.07) is 15.2. The highest BCUT2D eigenvalue weighted by Crippen LogP contribution is 2.25. The average molecular weight is 437 g/mol. The number of piperidine rings is 1. The minimum absolute atomic E-state index is 0.190. The standard InChI is InChI=1S/C26H33FN4O/c27-23-7-5-22(6-8-23)20-31-25-4-2-1-3-24(25)28-26(31)19-21-9-11-29(12-10-21)13-14-30-15-17-32-18-16-30/h1-8,21H,9-20H2.